The highest BCUT2D eigenvalue weighted by Gasteiger charge is 2.28. The predicted molar refractivity (Wildman–Crippen MR) is 88.2 cm³/mol. The Morgan fingerprint density at radius 3 is 2.46 bits per heavy atom. The maximum absolute atomic E-state index is 12.4. The normalized spacial score (nSPS) is 11.5. The van der Waals surface area contributed by atoms with Crippen LogP contribution in [0.3, 0.4) is 0 Å². The lowest BCUT2D eigenvalue weighted by atomic mass is 10.2. The molecule has 0 aliphatic rings. The molecule has 3 amide bonds. The summed E-state index contributed by atoms with van der Waals surface area (Å²) >= 11 is 0. The van der Waals surface area contributed by atoms with Gasteiger partial charge in [0.1, 0.15) is 6.54 Å². The van der Waals surface area contributed by atoms with E-state index in [-0.39, 0.29) is 31.2 Å². The molecule has 0 radical (unpaired) electrons. The van der Waals surface area contributed by atoms with E-state index in [1.165, 1.54) is 35.5 Å². The number of likely N-dealkylation sites (N-methyl/N-ethyl adjacent to an activating group) is 1. The molecule has 2 N–H and O–H groups in total. The van der Waals surface area contributed by atoms with Crippen molar-refractivity contribution in [1.82, 2.24) is 15.5 Å². The van der Waals surface area contributed by atoms with Crippen LogP contribution in [0.1, 0.15) is 12.5 Å². The molecule has 0 aliphatic heterocycles. The van der Waals surface area contributed by atoms with E-state index >= 15 is 0 Å². The number of ether oxygens (including phenoxy) is 2. The summed E-state index contributed by atoms with van der Waals surface area (Å²) < 4.78 is 70.4. The Labute approximate surface area is 157 Å². The van der Waals surface area contributed by atoms with Gasteiger partial charge >= 0.3 is 18.8 Å². The Morgan fingerprint density at radius 1 is 1.21 bits per heavy atom. The van der Waals surface area contributed by atoms with E-state index in [1.54, 1.807) is 12.2 Å². The summed E-state index contributed by atoms with van der Waals surface area (Å²) in [6.45, 7) is -2.81. The molecular formula is C16H20F5N3O4. The van der Waals surface area contributed by atoms with E-state index < -0.39 is 31.3 Å². The van der Waals surface area contributed by atoms with Crippen LogP contribution in [0.5, 0.6) is 11.5 Å². The van der Waals surface area contributed by atoms with Crippen molar-refractivity contribution >= 4 is 11.9 Å². The van der Waals surface area contributed by atoms with E-state index in [2.05, 4.69) is 4.74 Å². The zero-order chi connectivity index (χ0) is 21.3. The molecule has 0 bridgehead atoms. The van der Waals surface area contributed by atoms with Crippen LogP contribution >= 0.6 is 0 Å². The minimum atomic E-state index is -4.59. The van der Waals surface area contributed by atoms with Gasteiger partial charge in [-0.25, -0.2) is 4.79 Å². The van der Waals surface area contributed by atoms with Crippen molar-refractivity contribution in [2.45, 2.75) is 26.3 Å². The lowest BCUT2D eigenvalue weighted by molar-refractivity contribution is -0.125. The number of rotatable bonds is 9. The summed E-state index contributed by atoms with van der Waals surface area (Å²) in [6, 6.07) is 2.99. The van der Waals surface area contributed by atoms with E-state index in [0.717, 1.165) is 0 Å². The molecule has 0 unspecified atom stereocenters. The third kappa shape index (κ3) is 9.35. The first-order valence-corrected chi connectivity index (χ1v) is 8.03. The first-order valence-electron chi connectivity index (χ1n) is 8.03. The highest BCUT2D eigenvalue weighted by molar-refractivity contribution is 5.95. The molecule has 12 heteroatoms. The summed E-state index contributed by atoms with van der Waals surface area (Å²) in [7, 11) is 1.52. The highest BCUT2D eigenvalue weighted by atomic mass is 19.4. The second-order valence-electron chi connectivity index (χ2n) is 5.61. The number of imide groups is 1. The second-order valence-corrected chi connectivity index (χ2v) is 5.61. The van der Waals surface area contributed by atoms with Gasteiger partial charge in [0.2, 0.25) is 5.91 Å². The van der Waals surface area contributed by atoms with Gasteiger partial charge in [-0.15, -0.1) is 0 Å². The minimum Gasteiger partial charge on any atom is -0.490 e. The summed E-state index contributed by atoms with van der Waals surface area (Å²) in [6.07, 6.45) is -4.59. The van der Waals surface area contributed by atoms with Crippen molar-refractivity contribution in [2.24, 2.45) is 0 Å². The van der Waals surface area contributed by atoms with Crippen LogP contribution in [0.2, 0.25) is 0 Å². The lowest BCUT2D eigenvalue weighted by Gasteiger charge is -2.18. The molecular weight excluding hydrogens is 393 g/mol. The van der Waals surface area contributed by atoms with Crippen molar-refractivity contribution in [1.29, 1.82) is 0 Å². The van der Waals surface area contributed by atoms with Crippen LogP contribution in [0.4, 0.5) is 26.7 Å². The number of alkyl halides is 5. The third-order valence-electron chi connectivity index (χ3n) is 3.09. The average Bonchev–Trinajstić information content (AvgIpc) is 2.54. The maximum atomic E-state index is 12.4. The average molecular weight is 413 g/mol. The van der Waals surface area contributed by atoms with E-state index in [0.29, 0.717) is 5.56 Å². The van der Waals surface area contributed by atoms with Gasteiger partial charge in [-0.3, -0.25) is 15.0 Å². The molecule has 28 heavy (non-hydrogen) atoms. The van der Waals surface area contributed by atoms with Gasteiger partial charge in [-0.1, -0.05) is 6.07 Å². The summed E-state index contributed by atoms with van der Waals surface area (Å²) in [5.74, 6) is -0.850. The lowest BCUT2D eigenvalue weighted by Crippen LogP contribution is -2.46. The topological polar surface area (TPSA) is 79.9 Å². The second kappa shape index (κ2) is 10.6. The van der Waals surface area contributed by atoms with Gasteiger partial charge in [-0.05, 0) is 31.7 Å². The quantitative estimate of drug-likeness (QED) is 0.609. The number of benzene rings is 1. The number of urea groups is 1. The molecule has 0 atom stereocenters. The van der Waals surface area contributed by atoms with Crippen LogP contribution < -0.4 is 20.1 Å². The standard InChI is InChI=1S/C16H20F5N3O4/c1-3-27-12-6-10(4-5-11(12)28-14(17)18)7-24(2)8-13(25)23-15(26)22-9-16(19,20)21/h4-6,14H,3,7-9H2,1-2H3,(H2,22,23,25,26). The Morgan fingerprint density at radius 2 is 1.89 bits per heavy atom. The molecule has 1 rings (SSSR count). The van der Waals surface area contributed by atoms with Crippen molar-refractivity contribution in [3.8, 4) is 11.5 Å². The molecule has 0 saturated heterocycles. The number of nitrogens with one attached hydrogen (secondary N) is 2. The molecule has 7 nitrogen and oxygen atoms in total. The van der Waals surface area contributed by atoms with Gasteiger partial charge in [0.25, 0.3) is 0 Å². The Bertz CT molecular complexity index is 670. The number of hydrogen-bond donors (Lipinski definition) is 2. The number of halogens is 5. The zero-order valence-corrected chi connectivity index (χ0v) is 15.1. The predicted octanol–water partition coefficient (Wildman–Crippen LogP) is 2.51. The maximum Gasteiger partial charge on any atom is 0.405 e. The Balaban J connectivity index is 2.59. The first kappa shape index (κ1) is 23.4. The molecule has 0 aromatic heterocycles. The number of nitrogens with zero attached hydrogens (tertiary/aromatic N) is 1. The van der Waals surface area contributed by atoms with Crippen LogP contribution in [-0.4, -0.2) is 56.4 Å². The highest BCUT2D eigenvalue weighted by Crippen LogP contribution is 2.30. The van der Waals surface area contributed by atoms with Gasteiger partial charge in [0, 0.05) is 6.54 Å². The molecule has 0 heterocycles. The van der Waals surface area contributed by atoms with Crippen LogP contribution in [-0.2, 0) is 11.3 Å². The van der Waals surface area contributed by atoms with Crippen molar-refractivity contribution in [3.63, 3.8) is 0 Å². The van der Waals surface area contributed by atoms with Gasteiger partial charge in [0.05, 0.1) is 13.2 Å². The minimum absolute atomic E-state index is 0.102. The number of amides is 3. The van der Waals surface area contributed by atoms with Gasteiger partial charge in [0.15, 0.2) is 11.5 Å². The monoisotopic (exact) mass is 413 g/mol. The Kier molecular flexibility index (Phi) is 8.89. The van der Waals surface area contributed by atoms with E-state index in [4.69, 9.17) is 4.74 Å². The number of carbonyl (C=O) groups excluding carboxylic acids is 2. The van der Waals surface area contributed by atoms with Crippen molar-refractivity contribution in [3.05, 3.63) is 23.8 Å². The van der Waals surface area contributed by atoms with E-state index in [1.807, 2.05) is 0 Å². The largest absolute Gasteiger partial charge is 0.490 e. The Hall–Kier alpha value is -2.63. The molecule has 0 saturated carbocycles. The summed E-state index contributed by atoms with van der Waals surface area (Å²) in [5, 5.41) is 3.29. The summed E-state index contributed by atoms with van der Waals surface area (Å²) in [5.41, 5.74) is 0.599. The number of carbonyl (C=O) groups is 2. The van der Waals surface area contributed by atoms with Gasteiger partial charge in [-0.2, -0.15) is 22.0 Å². The molecule has 0 spiro atoms. The van der Waals surface area contributed by atoms with Crippen LogP contribution in [0.15, 0.2) is 18.2 Å². The fraction of sp³-hybridized carbons (Fsp3) is 0.500. The molecule has 1 aromatic carbocycles. The summed E-state index contributed by atoms with van der Waals surface area (Å²) in [4.78, 5) is 24.4. The fourth-order valence-electron chi connectivity index (χ4n) is 2.12. The van der Waals surface area contributed by atoms with Crippen molar-refractivity contribution in [2.75, 3.05) is 26.7 Å². The SMILES string of the molecule is CCOc1cc(CN(C)CC(=O)NC(=O)NCC(F)(F)F)ccc1OC(F)F. The molecule has 0 fully saturated rings. The fourth-order valence-corrected chi connectivity index (χ4v) is 2.12. The molecule has 1 aromatic rings. The van der Waals surface area contributed by atoms with Crippen molar-refractivity contribution < 1.29 is 41.0 Å². The van der Waals surface area contributed by atoms with Crippen LogP contribution in [0, 0.1) is 0 Å². The smallest absolute Gasteiger partial charge is 0.405 e. The number of hydrogen-bond acceptors (Lipinski definition) is 5. The van der Waals surface area contributed by atoms with Crippen LogP contribution in [0.25, 0.3) is 0 Å². The molecule has 0 aliphatic carbocycles. The zero-order valence-electron chi connectivity index (χ0n) is 15.1. The van der Waals surface area contributed by atoms with E-state index in [9.17, 15) is 31.5 Å². The first-order chi connectivity index (χ1) is 13.0. The third-order valence-corrected chi connectivity index (χ3v) is 3.09. The molecule has 158 valence electrons. The van der Waals surface area contributed by atoms with Gasteiger partial charge < -0.3 is 14.8 Å².